The van der Waals surface area contributed by atoms with Gasteiger partial charge in [0.1, 0.15) is 10.7 Å². The molecule has 1 atom stereocenters. The van der Waals surface area contributed by atoms with E-state index >= 15 is 0 Å². The van der Waals surface area contributed by atoms with Gasteiger partial charge in [-0.25, -0.2) is 9.18 Å². The third kappa shape index (κ3) is 4.04. The van der Waals surface area contributed by atoms with Crippen LogP contribution in [0.25, 0.3) is 0 Å². The Morgan fingerprint density at radius 3 is 2.81 bits per heavy atom. The number of piperidine rings is 1. The number of carbonyl (C=O) groups excluding carboxylic acids is 2. The van der Waals surface area contributed by atoms with Crippen LogP contribution in [0.3, 0.4) is 0 Å². The number of hydrogen-bond donors (Lipinski definition) is 1. The summed E-state index contributed by atoms with van der Waals surface area (Å²) in [6, 6.07) is 8.19. The minimum absolute atomic E-state index is 0.0696. The summed E-state index contributed by atoms with van der Waals surface area (Å²) < 4.78 is 18.8. The number of hydrogen-bond acceptors (Lipinski definition) is 5. The van der Waals surface area contributed by atoms with E-state index in [1.807, 2.05) is 17.9 Å². The summed E-state index contributed by atoms with van der Waals surface area (Å²) in [6.45, 7) is 3.25. The van der Waals surface area contributed by atoms with Gasteiger partial charge in [-0.1, -0.05) is 6.07 Å². The fraction of sp³-hybridized carbons (Fsp3) is 0.368. The molecule has 1 aliphatic heterocycles. The second-order valence-electron chi connectivity index (χ2n) is 6.37. The monoisotopic (exact) mass is 376 g/mol. The topological polar surface area (TPSA) is 58.6 Å². The van der Waals surface area contributed by atoms with Crippen LogP contribution in [0.1, 0.15) is 37.7 Å². The molecule has 7 heteroatoms. The van der Waals surface area contributed by atoms with Crippen LogP contribution in [0.15, 0.2) is 30.3 Å². The highest BCUT2D eigenvalue weighted by Gasteiger charge is 2.24. The molecule has 0 bridgehead atoms. The van der Waals surface area contributed by atoms with Gasteiger partial charge in [0.2, 0.25) is 0 Å². The number of ether oxygens (including phenoxy) is 1. The molecule has 1 fully saturated rings. The van der Waals surface area contributed by atoms with Crippen molar-refractivity contribution in [2.24, 2.45) is 0 Å². The van der Waals surface area contributed by atoms with Crippen LogP contribution >= 0.6 is 11.3 Å². The number of methoxy groups -OCH3 is 1. The lowest BCUT2D eigenvalue weighted by molar-refractivity contribution is 0.0606. The van der Waals surface area contributed by atoms with E-state index in [1.54, 1.807) is 18.2 Å². The van der Waals surface area contributed by atoms with Gasteiger partial charge in [0, 0.05) is 19.1 Å². The van der Waals surface area contributed by atoms with E-state index in [2.05, 4.69) is 10.1 Å². The Hall–Kier alpha value is -2.41. The summed E-state index contributed by atoms with van der Waals surface area (Å²) >= 11 is 1.10. The number of aryl methyl sites for hydroxylation is 1. The first-order chi connectivity index (χ1) is 12.5. The molecule has 1 saturated heterocycles. The third-order valence-corrected chi connectivity index (χ3v) is 5.48. The van der Waals surface area contributed by atoms with Crippen molar-refractivity contribution in [3.05, 3.63) is 51.5 Å². The average Bonchev–Trinajstić information content (AvgIpc) is 3.13. The lowest BCUT2D eigenvalue weighted by atomic mass is 10.0. The van der Waals surface area contributed by atoms with E-state index in [-0.39, 0.29) is 17.8 Å². The van der Waals surface area contributed by atoms with Crippen LogP contribution in [0.2, 0.25) is 0 Å². The highest BCUT2D eigenvalue weighted by molar-refractivity contribution is 7.15. The van der Waals surface area contributed by atoms with Gasteiger partial charge in [-0.3, -0.25) is 4.79 Å². The number of nitrogens with one attached hydrogen (secondary N) is 1. The van der Waals surface area contributed by atoms with Crippen molar-refractivity contribution in [3.63, 3.8) is 0 Å². The number of anilines is 1. The minimum Gasteiger partial charge on any atom is -0.465 e. The molecule has 1 unspecified atom stereocenters. The normalized spacial score (nSPS) is 17.0. The van der Waals surface area contributed by atoms with Gasteiger partial charge >= 0.3 is 5.97 Å². The van der Waals surface area contributed by atoms with Gasteiger partial charge in [-0.05, 0) is 49.6 Å². The summed E-state index contributed by atoms with van der Waals surface area (Å²) in [5.74, 6) is -0.918. The molecular formula is C19H21FN2O3S. The molecule has 2 aromatic rings. The van der Waals surface area contributed by atoms with Crippen molar-refractivity contribution in [2.45, 2.75) is 25.8 Å². The second-order valence-corrected chi connectivity index (χ2v) is 7.45. The molecule has 1 aliphatic rings. The number of amides is 1. The number of thiophene rings is 1. The van der Waals surface area contributed by atoms with E-state index in [0.717, 1.165) is 36.3 Å². The van der Waals surface area contributed by atoms with Crippen molar-refractivity contribution in [3.8, 4) is 0 Å². The number of halogens is 1. The molecule has 1 aromatic heterocycles. The zero-order chi connectivity index (χ0) is 18.7. The molecule has 0 spiro atoms. The van der Waals surface area contributed by atoms with E-state index in [4.69, 9.17) is 0 Å². The van der Waals surface area contributed by atoms with Crippen molar-refractivity contribution in [1.29, 1.82) is 0 Å². The van der Waals surface area contributed by atoms with E-state index in [1.165, 1.54) is 13.2 Å². The quantitative estimate of drug-likeness (QED) is 0.831. The molecule has 0 aliphatic carbocycles. The van der Waals surface area contributed by atoms with Gasteiger partial charge in [-0.2, -0.15) is 0 Å². The standard InChI is InChI=1S/C19H21FN2O3S/c1-12-5-6-14(20)15(10-12)22-9-3-4-13(11-22)21-18(23)16-7-8-17(26-16)19(24)25-2/h5-8,10,13H,3-4,9,11H2,1-2H3,(H,21,23). The van der Waals surface area contributed by atoms with E-state index in [0.29, 0.717) is 22.0 Å². The predicted molar refractivity (Wildman–Crippen MR) is 99.5 cm³/mol. The van der Waals surface area contributed by atoms with E-state index in [9.17, 15) is 14.0 Å². The molecule has 1 amide bonds. The fourth-order valence-corrected chi connectivity index (χ4v) is 3.93. The zero-order valence-corrected chi connectivity index (χ0v) is 15.6. The van der Waals surface area contributed by atoms with Gasteiger partial charge in [0.05, 0.1) is 17.7 Å². The Kier molecular flexibility index (Phi) is 5.56. The van der Waals surface area contributed by atoms with Crippen LogP contribution in [0.4, 0.5) is 10.1 Å². The van der Waals surface area contributed by atoms with Crippen molar-refractivity contribution < 1.29 is 18.7 Å². The Balaban J connectivity index is 1.66. The number of nitrogens with zero attached hydrogens (tertiary/aromatic N) is 1. The highest BCUT2D eigenvalue weighted by Crippen LogP contribution is 2.25. The Labute approximate surface area is 155 Å². The minimum atomic E-state index is -0.451. The van der Waals surface area contributed by atoms with Gasteiger partial charge in [0.15, 0.2) is 0 Å². The largest absolute Gasteiger partial charge is 0.465 e. The lowest BCUT2D eigenvalue weighted by Gasteiger charge is -2.35. The number of benzene rings is 1. The Bertz CT molecular complexity index is 821. The first-order valence-electron chi connectivity index (χ1n) is 8.48. The van der Waals surface area contributed by atoms with Crippen LogP contribution in [0.5, 0.6) is 0 Å². The number of carbonyl (C=O) groups is 2. The fourth-order valence-electron chi connectivity index (χ4n) is 3.11. The zero-order valence-electron chi connectivity index (χ0n) is 14.8. The molecule has 26 heavy (non-hydrogen) atoms. The maximum absolute atomic E-state index is 14.1. The van der Waals surface area contributed by atoms with Gasteiger partial charge in [0.25, 0.3) is 5.91 Å². The molecule has 3 rings (SSSR count). The first kappa shape index (κ1) is 18.4. The molecule has 5 nitrogen and oxygen atoms in total. The molecule has 0 radical (unpaired) electrons. The van der Waals surface area contributed by atoms with Crippen LogP contribution in [-0.4, -0.2) is 38.1 Å². The molecule has 0 saturated carbocycles. The maximum atomic E-state index is 14.1. The highest BCUT2D eigenvalue weighted by atomic mass is 32.1. The van der Waals surface area contributed by atoms with Crippen LogP contribution in [0, 0.1) is 12.7 Å². The average molecular weight is 376 g/mol. The summed E-state index contributed by atoms with van der Waals surface area (Å²) in [7, 11) is 1.31. The van der Waals surface area contributed by atoms with Gasteiger partial charge < -0.3 is 15.0 Å². The second kappa shape index (κ2) is 7.86. The predicted octanol–water partition coefficient (Wildman–Crippen LogP) is 3.38. The number of rotatable bonds is 4. The summed E-state index contributed by atoms with van der Waals surface area (Å²) in [6.07, 6.45) is 1.71. The van der Waals surface area contributed by atoms with Crippen molar-refractivity contribution >= 4 is 28.9 Å². The molecule has 2 heterocycles. The first-order valence-corrected chi connectivity index (χ1v) is 9.29. The summed E-state index contributed by atoms with van der Waals surface area (Å²) in [5.41, 5.74) is 1.58. The van der Waals surface area contributed by atoms with Crippen molar-refractivity contribution in [1.82, 2.24) is 5.32 Å². The lowest BCUT2D eigenvalue weighted by Crippen LogP contribution is -2.48. The van der Waals surface area contributed by atoms with Gasteiger partial charge in [-0.15, -0.1) is 11.3 Å². The molecule has 1 N–H and O–H groups in total. The Morgan fingerprint density at radius 1 is 1.27 bits per heavy atom. The summed E-state index contributed by atoms with van der Waals surface area (Å²) in [4.78, 5) is 26.8. The molecule has 138 valence electrons. The molecular weight excluding hydrogens is 355 g/mol. The number of esters is 1. The van der Waals surface area contributed by atoms with E-state index < -0.39 is 5.97 Å². The third-order valence-electron chi connectivity index (χ3n) is 4.42. The Morgan fingerprint density at radius 2 is 2.04 bits per heavy atom. The SMILES string of the molecule is COC(=O)c1ccc(C(=O)NC2CCCN(c3cc(C)ccc3F)C2)s1. The molecule has 1 aromatic carbocycles. The van der Waals surface area contributed by atoms with Crippen LogP contribution < -0.4 is 10.2 Å². The van der Waals surface area contributed by atoms with Crippen LogP contribution in [-0.2, 0) is 4.74 Å². The summed E-state index contributed by atoms with van der Waals surface area (Å²) in [5, 5.41) is 2.99. The maximum Gasteiger partial charge on any atom is 0.348 e. The van der Waals surface area contributed by atoms with Crippen molar-refractivity contribution in [2.75, 3.05) is 25.1 Å². The smallest absolute Gasteiger partial charge is 0.348 e.